The molecule has 2 aromatic heterocycles. The number of aromatic nitrogens is 2. The summed E-state index contributed by atoms with van der Waals surface area (Å²) in [6.07, 6.45) is 0. The molecule has 0 unspecified atom stereocenters. The molecule has 0 aliphatic carbocycles. The monoisotopic (exact) mass is 445 g/mol. The van der Waals surface area contributed by atoms with Crippen LogP contribution in [0.25, 0.3) is 0 Å². The van der Waals surface area contributed by atoms with Gasteiger partial charge in [-0.15, -0.1) is 0 Å². The van der Waals surface area contributed by atoms with Crippen LogP contribution < -0.4 is 10.6 Å². The van der Waals surface area contributed by atoms with Crippen molar-refractivity contribution >= 4 is 35.3 Å². The molecular weight excluding hydrogens is 429 g/mol. The molecule has 1 aromatic carbocycles. The molecule has 0 saturated heterocycles. The second-order valence-corrected chi connectivity index (χ2v) is 7.66. The number of halogens is 1. The number of hydrogen-bond acceptors (Lipinski definition) is 7. The molecule has 3 heterocycles. The minimum Gasteiger partial charge on any atom is -0.395 e. The molecule has 160 valence electrons. The van der Waals surface area contributed by atoms with E-state index in [9.17, 15) is 24.1 Å². The van der Waals surface area contributed by atoms with Crippen molar-refractivity contribution in [1.29, 1.82) is 0 Å². The molecule has 12 heteroatoms. The zero-order chi connectivity index (χ0) is 22.0. The molecule has 2 N–H and O–H groups in total. The van der Waals surface area contributed by atoms with Crippen LogP contribution in [0.5, 0.6) is 0 Å². The average molecular weight is 445 g/mol. The summed E-state index contributed by atoms with van der Waals surface area (Å²) in [6, 6.07) is 8.06. The third kappa shape index (κ3) is 4.58. The molecule has 0 atom stereocenters. The SMILES string of the molecule is O=C(Cn1nc2c(c1NC(=O)c1ccc([N+](=O)[O-])o1)CSC2)NCc1ccc(F)cc1. The fraction of sp³-hybridized carbons (Fsp3) is 0.211. The van der Waals surface area contributed by atoms with E-state index in [0.717, 1.165) is 22.9 Å². The molecule has 2 amide bonds. The normalized spacial score (nSPS) is 12.4. The van der Waals surface area contributed by atoms with Crippen LogP contribution in [-0.4, -0.2) is 26.5 Å². The van der Waals surface area contributed by atoms with E-state index < -0.39 is 16.7 Å². The summed E-state index contributed by atoms with van der Waals surface area (Å²) in [5.74, 6) is -0.542. The Morgan fingerprint density at radius 2 is 2.00 bits per heavy atom. The third-order valence-corrected chi connectivity index (χ3v) is 5.51. The highest BCUT2D eigenvalue weighted by Gasteiger charge is 2.26. The quantitative estimate of drug-likeness (QED) is 0.422. The lowest BCUT2D eigenvalue weighted by atomic mass is 10.2. The zero-order valence-corrected chi connectivity index (χ0v) is 16.8. The van der Waals surface area contributed by atoms with E-state index in [2.05, 4.69) is 15.7 Å². The Labute approximate surface area is 178 Å². The van der Waals surface area contributed by atoms with Crippen LogP contribution in [0, 0.1) is 15.9 Å². The maximum atomic E-state index is 13.0. The fourth-order valence-corrected chi connectivity index (χ4v) is 4.07. The second-order valence-electron chi connectivity index (χ2n) is 6.68. The first-order chi connectivity index (χ1) is 14.9. The largest absolute Gasteiger partial charge is 0.433 e. The van der Waals surface area contributed by atoms with Gasteiger partial charge in [-0.1, -0.05) is 12.1 Å². The van der Waals surface area contributed by atoms with Gasteiger partial charge in [0.25, 0.3) is 5.91 Å². The molecule has 0 bridgehead atoms. The molecule has 31 heavy (non-hydrogen) atoms. The van der Waals surface area contributed by atoms with Crippen molar-refractivity contribution in [2.45, 2.75) is 24.6 Å². The van der Waals surface area contributed by atoms with Crippen LogP contribution in [0.15, 0.2) is 40.8 Å². The van der Waals surface area contributed by atoms with Crippen LogP contribution in [-0.2, 0) is 29.4 Å². The summed E-state index contributed by atoms with van der Waals surface area (Å²) >= 11 is 1.62. The number of nitrogens with one attached hydrogen (secondary N) is 2. The molecule has 0 spiro atoms. The van der Waals surface area contributed by atoms with Gasteiger partial charge < -0.3 is 15.1 Å². The Kier molecular flexibility index (Phi) is 5.71. The first-order valence-electron chi connectivity index (χ1n) is 9.13. The number of nitrogens with zero attached hydrogens (tertiary/aromatic N) is 3. The number of anilines is 1. The van der Waals surface area contributed by atoms with E-state index in [0.29, 0.717) is 17.3 Å². The number of fused-ring (bicyclic) bond motifs is 1. The van der Waals surface area contributed by atoms with Crippen LogP contribution in [0.3, 0.4) is 0 Å². The summed E-state index contributed by atoms with van der Waals surface area (Å²) in [7, 11) is 0. The summed E-state index contributed by atoms with van der Waals surface area (Å²) in [5, 5.41) is 20.6. The Morgan fingerprint density at radius 3 is 2.71 bits per heavy atom. The highest BCUT2D eigenvalue weighted by molar-refractivity contribution is 7.98. The van der Waals surface area contributed by atoms with E-state index >= 15 is 0 Å². The molecule has 3 aromatic rings. The van der Waals surface area contributed by atoms with E-state index in [1.807, 2.05) is 0 Å². The van der Waals surface area contributed by atoms with Gasteiger partial charge in [-0.05, 0) is 23.8 Å². The van der Waals surface area contributed by atoms with E-state index in [1.54, 1.807) is 23.9 Å². The number of furan rings is 1. The van der Waals surface area contributed by atoms with E-state index in [1.165, 1.54) is 22.9 Å². The highest BCUT2D eigenvalue weighted by Crippen LogP contribution is 2.35. The summed E-state index contributed by atoms with van der Waals surface area (Å²) < 4.78 is 19.3. The van der Waals surface area contributed by atoms with Crippen molar-refractivity contribution in [2.24, 2.45) is 0 Å². The van der Waals surface area contributed by atoms with Gasteiger partial charge in [0.2, 0.25) is 5.91 Å². The summed E-state index contributed by atoms with van der Waals surface area (Å²) in [5.41, 5.74) is 2.30. The number of amides is 2. The van der Waals surface area contributed by atoms with Gasteiger partial charge in [0, 0.05) is 23.6 Å². The maximum Gasteiger partial charge on any atom is 0.433 e. The van der Waals surface area contributed by atoms with Crippen LogP contribution in [0.4, 0.5) is 16.1 Å². The minimum absolute atomic E-state index is 0.146. The van der Waals surface area contributed by atoms with Gasteiger partial charge in [-0.2, -0.15) is 16.9 Å². The lowest BCUT2D eigenvalue weighted by Crippen LogP contribution is -2.28. The van der Waals surface area contributed by atoms with Crippen molar-refractivity contribution in [1.82, 2.24) is 15.1 Å². The number of benzene rings is 1. The predicted octanol–water partition coefficient (Wildman–Crippen LogP) is 2.84. The third-order valence-electron chi connectivity index (χ3n) is 4.54. The Bertz CT molecular complexity index is 1160. The molecular formula is C19H16FN5O5S. The van der Waals surface area contributed by atoms with Gasteiger partial charge in [0.15, 0.2) is 5.76 Å². The second kappa shape index (κ2) is 8.60. The van der Waals surface area contributed by atoms with Gasteiger partial charge in [-0.3, -0.25) is 19.7 Å². The van der Waals surface area contributed by atoms with E-state index in [4.69, 9.17) is 4.42 Å². The molecule has 0 fully saturated rings. The fourth-order valence-electron chi connectivity index (χ4n) is 3.03. The summed E-state index contributed by atoms with van der Waals surface area (Å²) in [4.78, 5) is 35.0. The maximum absolute atomic E-state index is 13.0. The Hall–Kier alpha value is -3.67. The van der Waals surface area contributed by atoms with Crippen LogP contribution >= 0.6 is 11.8 Å². The van der Waals surface area contributed by atoms with Crippen molar-refractivity contribution < 1.29 is 23.3 Å². The van der Waals surface area contributed by atoms with Crippen LogP contribution in [0.2, 0.25) is 0 Å². The number of rotatable bonds is 7. The minimum atomic E-state index is -0.735. The van der Waals surface area contributed by atoms with Crippen LogP contribution in [0.1, 0.15) is 27.4 Å². The predicted molar refractivity (Wildman–Crippen MR) is 109 cm³/mol. The number of nitro groups is 1. The highest BCUT2D eigenvalue weighted by atomic mass is 32.2. The molecule has 1 aliphatic heterocycles. The lowest BCUT2D eigenvalue weighted by Gasteiger charge is -2.11. The molecule has 0 radical (unpaired) electrons. The lowest BCUT2D eigenvalue weighted by molar-refractivity contribution is -0.402. The first-order valence-corrected chi connectivity index (χ1v) is 10.3. The average Bonchev–Trinajstić information content (AvgIpc) is 3.46. The van der Waals surface area contributed by atoms with Crippen molar-refractivity contribution in [3.63, 3.8) is 0 Å². The smallest absolute Gasteiger partial charge is 0.395 e. The first kappa shape index (κ1) is 20.6. The van der Waals surface area contributed by atoms with Gasteiger partial charge in [0.05, 0.1) is 11.8 Å². The Morgan fingerprint density at radius 1 is 1.23 bits per heavy atom. The van der Waals surface area contributed by atoms with E-state index in [-0.39, 0.29) is 30.6 Å². The number of carbonyl (C=O) groups excluding carboxylic acids is 2. The molecule has 10 nitrogen and oxygen atoms in total. The zero-order valence-electron chi connectivity index (χ0n) is 16.0. The number of thioether (sulfide) groups is 1. The molecule has 0 saturated carbocycles. The van der Waals surface area contributed by atoms with Gasteiger partial charge in [-0.25, -0.2) is 9.07 Å². The van der Waals surface area contributed by atoms with Crippen molar-refractivity contribution in [3.05, 3.63) is 74.9 Å². The van der Waals surface area contributed by atoms with Gasteiger partial charge in [0.1, 0.15) is 23.1 Å². The topological polar surface area (TPSA) is 132 Å². The molecule has 4 rings (SSSR count). The number of carbonyl (C=O) groups is 2. The summed E-state index contributed by atoms with van der Waals surface area (Å²) in [6.45, 7) is 0.0699. The standard InChI is InChI=1S/C19H16FN5O5S/c20-12-3-1-11(2-4-12)7-21-16(26)8-24-18(13-9-31-10-14(13)23-24)22-19(27)15-5-6-17(30-15)25(28)29/h1-6H,7-10H2,(H,21,26)(H,22,27). The van der Waals surface area contributed by atoms with Crippen molar-refractivity contribution in [2.75, 3.05) is 5.32 Å². The number of hydrogen-bond donors (Lipinski definition) is 2. The van der Waals surface area contributed by atoms with Crippen molar-refractivity contribution in [3.8, 4) is 0 Å². The van der Waals surface area contributed by atoms with Gasteiger partial charge >= 0.3 is 5.88 Å². The molecule has 1 aliphatic rings. The Balaban J connectivity index is 1.46.